The van der Waals surface area contributed by atoms with Gasteiger partial charge in [-0.3, -0.25) is 4.79 Å². The van der Waals surface area contributed by atoms with Crippen molar-refractivity contribution < 1.29 is 14.3 Å². The number of carbonyl (C=O) groups is 1. The Morgan fingerprint density at radius 2 is 1.86 bits per heavy atom. The highest BCUT2D eigenvalue weighted by Crippen LogP contribution is 2.20. The van der Waals surface area contributed by atoms with Gasteiger partial charge in [-0.25, -0.2) is 4.98 Å². The maximum Gasteiger partial charge on any atom is 0.225 e. The number of hydrogen-bond donors (Lipinski definition) is 1. The number of methoxy groups -OCH3 is 1. The van der Waals surface area contributed by atoms with Crippen LogP contribution < -0.4 is 14.8 Å². The Morgan fingerprint density at radius 1 is 1.10 bits per heavy atom. The van der Waals surface area contributed by atoms with Gasteiger partial charge in [0.1, 0.15) is 23.9 Å². The summed E-state index contributed by atoms with van der Waals surface area (Å²) in [6, 6.07) is 15.6. The normalized spacial score (nSPS) is 11.4. The average Bonchev–Trinajstić information content (AvgIpc) is 3.05. The molecule has 0 spiro atoms. The third-order valence-corrected chi connectivity index (χ3v) is 4.67. The van der Waals surface area contributed by atoms with E-state index >= 15 is 0 Å². The van der Waals surface area contributed by atoms with Crippen LogP contribution in [0.1, 0.15) is 26.6 Å². The van der Waals surface area contributed by atoms with Gasteiger partial charge in [0.05, 0.1) is 24.7 Å². The zero-order valence-electron chi connectivity index (χ0n) is 17.6. The molecule has 29 heavy (non-hydrogen) atoms. The van der Waals surface area contributed by atoms with Crippen LogP contribution in [0.4, 0.5) is 0 Å². The minimum atomic E-state index is -0.398. The number of nitrogens with one attached hydrogen (secondary N) is 1. The summed E-state index contributed by atoms with van der Waals surface area (Å²) < 4.78 is 13.3. The Kier molecular flexibility index (Phi) is 6.42. The molecule has 1 heterocycles. The van der Waals surface area contributed by atoms with E-state index in [1.54, 1.807) is 7.11 Å². The Morgan fingerprint density at radius 3 is 2.62 bits per heavy atom. The summed E-state index contributed by atoms with van der Waals surface area (Å²) in [7, 11) is 1.64. The van der Waals surface area contributed by atoms with Crippen LogP contribution in [-0.4, -0.2) is 35.7 Å². The molecule has 0 saturated carbocycles. The SMILES string of the molecule is COc1cccc(OCCn2c(CCNC(=O)C(C)(C)C)nc3ccccc32)c1. The summed E-state index contributed by atoms with van der Waals surface area (Å²) in [5, 5.41) is 3.00. The summed E-state index contributed by atoms with van der Waals surface area (Å²) >= 11 is 0. The van der Waals surface area contributed by atoms with E-state index in [2.05, 4.69) is 16.0 Å². The summed E-state index contributed by atoms with van der Waals surface area (Å²) in [6.07, 6.45) is 0.662. The monoisotopic (exact) mass is 395 g/mol. The second-order valence-corrected chi connectivity index (χ2v) is 7.95. The number of para-hydroxylation sites is 2. The maximum atomic E-state index is 12.1. The first-order chi connectivity index (χ1) is 13.9. The zero-order valence-corrected chi connectivity index (χ0v) is 17.6. The van der Waals surface area contributed by atoms with E-state index in [9.17, 15) is 4.79 Å². The highest BCUT2D eigenvalue weighted by Gasteiger charge is 2.20. The Balaban J connectivity index is 1.68. The van der Waals surface area contributed by atoms with Crippen molar-refractivity contribution in [1.29, 1.82) is 0 Å². The van der Waals surface area contributed by atoms with E-state index in [1.807, 2.05) is 63.2 Å². The summed E-state index contributed by atoms with van der Waals surface area (Å²) in [4.78, 5) is 16.9. The molecule has 0 saturated heterocycles. The van der Waals surface area contributed by atoms with Crippen LogP contribution in [0.15, 0.2) is 48.5 Å². The molecule has 0 aliphatic heterocycles. The summed E-state index contributed by atoms with van der Waals surface area (Å²) in [5.41, 5.74) is 1.62. The lowest BCUT2D eigenvalue weighted by molar-refractivity contribution is -0.128. The second-order valence-electron chi connectivity index (χ2n) is 7.95. The zero-order chi connectivity index (χ0) is 20.9. The smallest absolute Gasteiger partial charge is 0.225 e. The molecule has 1 aromatic heterocycles. The number of carbonyl (C=O) groups excluding carboxylic acids is 1. The molecule has 154 valence electrons. The third-order valence-electron chi connectivity index (χ3n) is 4.67. The molecule has 3 rings (SSSR count). The largest absolute Gasteiger partial charge is 0.497 e. The summed E-state index contributed by atoms with van der Waals surface area (Å²) in [5.74, 6) is 2.52. The van der Waals surface area contributed by atoms with E-state index in [0.717, 1.165) is 28.4 Å². The first-order valence-electron chi connectivity index (χ1n) is 9.88. The predicted molar refractivity (Wildman–Crippen MR) is 114 cm³/mol. The van der Waals surface area contributed by atoms with Gasteiger partial charge >= 0.3 is 0 Å². The van der Waals surface area contributed by atoms with Crippen molar-refractivity contribution in [2.75, 3.05) is 20.3 Å². The van der Waals surface area contributed by atoms with Crippen LogP contribution in [0.5, 0.6) is 11.5 Å². The van der Waals surface area contributed by atoms with Crippen LogP contribution in [0.3, 0.4) is 0 Å². The number of ether oxygens (including phenoxy) is 2. The van der Waals surface area contributed by atoms with Crippen LogP contribution >= 0.6 is 0 Å². The van der Waals surface area contributed by atoms with Gasteiger partial charge < -0.3 is 19.4 Å². The Hall–Kier alpha value is -3.02. The molecule has 0 radical (unpaired) electrons. The minimum Gasteiger partial charge on any atom is -0.497 e. The number of aromatic nitrogens is 2. The number of fused-ring (bicyclic) bond motifs is 1. The molecule has 0 atom stereocenters. The van der Waals surface area contributed by atoms with Crippen molar-refractivity contribution >= 4 is 16.9 Å². The second kappa shape index (κ2) is 8.99. The number of benzene rings is 2. The molecule has 2 aromatic carbocycles. The summed E-state index contributed by atoms with van der Waals surface area (Å²) in [6.45, 7) is 7.46. The van der Waals surface area contributed by atoms with Gasteiger partial charge in [-0.15, -0.1) is 0 Å². The van der Waals surface area contributed by atoms with Gasteiger partial charge in [0, 0.05) is 24.4 Å². The standard InChI is InChI=1S/C23H29N3O3/c1-23(2,3)22(27)24-13-12-21-25-19-10-5-6-11-20(19)26(21)14-15-29-18-9-7-8-17(16-18)28-4/h5-11,16H,12-15H2,1-4H3,(H,24,27). The number of amides is 1. The molecule has 1 N–H and O–H groups in total. The van der Waals surface area contributed by atoms with Gasteiger partial charge in [0.15, 0.2) is 0 Å². The van der Waals surface area contributed by atoms with E-state index < -0.39 is 5.41 Å². The molecular formula is C23H29N3O3. The van der Waals surface area contributed by atoms with Gasteiger partial charge in [-0.1, -0.05) is 39.0 Å². The molecule has 0 bridgehead atoms. The average molecular weight is 396 g/mol. The Labute approximate surface area is 171 Å². The van der Waals surface area contributed by atoms with E-state index in [0.29, 0.717) is 26.1 Å². The predicted octanol–water partition coefficient (Wildman–Crippen LogP) is 3.83. The van der Waals surface area contributed by atoms with E-state index in [-0.39, 0.29) is 5.91 Å². The van der Waals surface area contributed by atoms with Crippen molar-refractivity contribution in [3.63, 3.8) is 0 Å². The fourth-order valence-corrected chi connectivity index (χ4v) is 3.06. The van der Waals surface area contributed by atoms with Crippen LogP contribution in [0, 0.1) is 5.41 Å². The molecule has 3 aromatic rings. The first kappa shape index (κ1) is 20.7. The maximum absolute atomic E-state index is 12.1. The molecule has 0 fully saturated rings. The van der Waals surface area contributed by atoms with Crippen LogP contribution in [0.2, 0.25) is 0 Å². The van der Waals surface area contributed by atoms with E-state index in [4.69, 9.17) is 14.5 Å². The fourth-order valence-electron chi connectivity index (χ4n) is 3.06. The number of rotatable bonds is 8. The van der Waals surface area contributed by atoms with Crippen molar-refractivity contribution in [2.45, 2.75) is 33.7 Å². The number of hydrogen-bond acceptors (Lipinski definition) is 4. The van der Waals surface area contributed by atoms with Gasteiger partial charge in [-0.2, -0.15) is 0 Å². The van der Waals surface area contributed by atoms with Gasteiger partial charge in [-0.05, 0) is 24.3 Å². The van der Waals surface area contributed by atoms with Crippen LogP contribution in [0.25, 0.3) is 11.0 Å². The minimum absolute atomic E-state index is 0.0431. The molecule has 6 nitrogen and oxygen atoms in total. The van der Waals surface area contributed by atoms with E-state index in [1.165, 1.54) is 0 Å². The van der Waals surface area contributed by atoms with Crippen LogP contribution in [-0.2, 0) is 17.8 Å². The number of nitrogens with zero attached hydrogens (tertiary/aromatic N) is 2. The quantitative estimate of drug-likeness (QED) is 0.630. The molecule has 6 heteroatoms. The molecule has 0 aliphatic rings. The topological polar surface area (TPSA) is 65.4 Å². The van der Waals surface area contributed by atoms with Crippen molar-refractivity contribution in [3.8, 4) is 11.5 Å². The molecule has 0 unspecified atom stereocenters. The molecule has 0 aliphatic carbocycles. The lowest BCUT2D eigenvalue weighted by Gasteiger charge is -2.17. The van der Waals surface area contributed by atoms with Gasteiger partial charge in [0.25, 0.3) is 0 Å². The number of imidazole rings is 1. The highest BCUT2D eigenvalue weighted by molar-refractivity contribution is 5.81. The van der Waals surface area contributed by atoms with Gasteiger partial charge in [0.2, 0.25) is 5.91 Å². The fraction of sp³-hybridized carbons (Fsp3) is 0.391. The highest BCUT2D eigenvalue weighted by atomic mass is 16.5. The molecule has 1 amide bonds. The van der Waals surface area contributed by atoms with Crippen molar-refractivity contribution in [1.82, 2.24) is 14.9 Å². The third kappa shape index (κ3) is 5.28. The lowest BCUT2D eigenvalue weighted by atomic mass is 9.96. The Bertz CT molecular complexity index is 973. The lowest BCUT2D eigenvalue weighted by Crippen LogP contribution is -2.36. The van der Waals surface area contributed by atoms with Crippen molar-refractivity contribution in [3.05, 3.63) is 54.4 Å². The molecular weight excluding hydrogens is 366 g/mol. The first-order valence-corrected chi connectivity index (χ1v) is 9.88. The van der Waals surface area contributed by atoms with Crippen molar-refractivity contribution in [2.24, 2.45) is 5.41 Å².